The number of nitrogens with one attached hydrogen (secondary N) is 2. The fourth-order valence-electron chi connectivity index (χ4n) is 2.73. The summed E-state index contributed by atoms with van der Waals surface area (Å²) in [7, 11) is 0. The summed E-state index contributed by atoms with van der Waals surface area (Å²) in [4.78, 5) is 25.0. The molecule has 0 aromatic heterocycles. The van der Waals surface area contributed by atoms with Crippen LogP contribution < -0.4 is 15.4 Å². The minimum absolute atomic E-state index is 0.263. The van der Waals surface area contributed by atoms with Crippen molar-refractivity contribution < 1.29 is 14.3 Å². The van der Waals surface area contributed by atoms with E-state index in [2.05, 4.69) is 10.6 Å². The molecule has 0 saturated heterocycles. The fourth-order valence-corrected chi connectivity index (χ4v) is 2.73. The lowest BCUT2D eigenvalue weighted by molar-refractivity contribution is 0.102. The predicted octanol–water partition coefficient (Wildman–Crippen LogP) is 4.90. The van der Waals surface area contributed by atoms with Crippen molar-refractivity contribution >= 4 is 23.2 Å². The number of amides is 2. The second-order valence-electron chi connectivity index (χ2n) is 6.32. The summed E-state index contributed by atoms with van der Waals surface area (Å²) in [6, 6.07) is 21.3. The maximum Gasteiger partial charge on any atom is 0.255 e. The van der Waals surface area contributed by atoms with E-state index in [0.717, 1.165) is 11.3 Å². The first kappa shape index (κ1) is 19.2. The molecule has 0 aliphatic carbocycles. The quantitative estimate of drug-likeness (QED) is 0.645. The third-order valence-electron chi connectivity index (χ3n) is 4.09. The van der Waals surface area contributed by atoms with Crippen molar-refractivity contribution in [2.45, 2.75) is 13.8 Å². The molecule has 28 heavy (non-hydrogen) atoms. The van der Waals surface area contributed by atoms with Gasteiger partial charge in [0, 0.05) is 22.5 Å². The number of carbonyl (C=O) groups is 2. The van der Waals surface area contributed by atoms with Crippen LogP contribution in [-0.4, -0.2) is 18.4 Å². The molecule has 0 radical (unpaired) electrons. The number of carbonyl (C=O) groups excluding carboxylic acids is 2. The number of rotatable bonds is 6. The van der Waals surface area contributed by atoms with E-state index in [-0.39, 0.29) is 11.8 Å². The Kier molecular flexibility index (Phi) is 6.07. The van der Waals surface area contributed by atoms with E-state index < -0.39 is 0 Å². The highest BCUT2D eigenvalue weighted by atomic mass is 16.5. The summed E-state index contributed by atoms with van der Waals surface area (Å²) in [6.07, 6.45) is 0. The van der Waals surface area contributed by atoms with Crippen LogP contribution in [0.1, 0.15) is 33.2 Å². The molecule has 0 unspecified atom stereocenters. The van der Waals surface area contributed by atoms with Crippen molar-refractivity contribution in [2.75, 3.05) is 17.2 Å². The summed E-state index contributed by atoms with van der Waals surface area (Å²) in [5.41, 5.74) is 3.25. The maximum atomic E-state index is 12.5. The first-order chi connectivity index (χ1) is 13.5. The van der Waals surface area contributed by atoms with Gasteiger partial charge >= 0.3 is 0 Å². The molecule has 2 amide bonds. The normalized spacial score (nSPS) is 10.2. The van der Waals surface area contributed by atoms with Gasteiger partial charge in [-0.25, -0.2) is 0 Å². The van der Waals surface area contributed by atoms with Crippen LogP contribution in [-0.2, 0) is 0 Å². The van der Waals surface area contributed by atoms with Crippen LogP contribution in [0.25, 0.3) is 0 Å². The van der Waals surface area contributed by atoms with Crippen molar-refractivity contribution in [3.8, 4) is 5.75 Å². The lowest BCUT2D eigenvalue weighted by Gasteiger charge is -2.09. The molecule has 0 atom stereocenters. The summed E-state index contributed by atoms with van der Waals surface area (Å²) in [5, 5.41) is 5.67. The van der Waals surface area contributed by atoms with Gasteiger partial charge in [-0.15, -0.1) is 0 Å². The molecule has 0 aliphatic rings. The minimum Gasteiger partial charge on any atom is -0.494 e. The van der Waals surface area contributed by atoms with Crippen LogP contribution in [0.4, 0.5) is 11.4 Å². The zero-order chi connectivity index (χ0) is 19.9. The summed E-state index contributed by atoms with van der Waals surface area (Å²) < 4.78 is 5.39. The van der Waals surface area contributed by atoms with Crippen LogP contribution in [0.5, 0.6) is 5.75 Å². The topological polar surface area (TPSA) is 67.4 Å². The first-order valence-corrected chi connectivity index (χ1v) is 9.07. The molecule has 3 aromatic rings. The standard InChI is InChI=1S/C23H22N2O3/c1-3-28-21-12-10-19(11-13-21)24-22(26)17-7-5-8-18(15-17)23(27)25-20-9-4-6-16(2)14-20/h4-15H,3H2,1-2H3,(H,24,26)(H,25,27). The Bertz CT molecular complexity index is 981. The highest BCUT2D eigenvalue weighted by Gasteiger charge is 2.11. The van der Waals surface area contributed by atoms with Gasteiger partial charge in [0.15, 0.2) is 0 Å². The van der Waals surface area contributed by atoms with Crippen molar-refractivity contribution in [3.05, 3.63) is 89.5 Å². The van der Waals surface area contributed by atoms with Crippen LogP contribution in [0.3, 0.4) is 0 Å². The molecule has 5 heteroatoms. The van der Waals surface area contributed by atoms with E-state index in [9.17, 15) is 9.59 Å². The number of anilines is 2. The number of hydrogen-bond donors (Lipinski definition) is 2. The Morgan fingerprint density at radius 1 is 0.786 bits per heavy atom. The predicted molar refractivity (Wildman–Crippen MR) is 111 cm³/mol. The number of ether oxygens (including phenoxy) is 1. The van der Waals surface area contributed by atoms with Crippen molar-refractivity contribution in [3.63, 3.8) is 0 Å². The Morgan fingerprint density at radius 2 is 1.39 bits per heavy atom. The second-order valence-corrected chi connectivity index (χ2v) is 6.32. The minimum atomic E-state index is -0.283. The van der Waals surface area contributed by atoms with Crippen LogP contribution >= 0.6 is 0 Å². The smallest absolute Gasteiger partial charge is 0.255 e. The molecular weight excluding hydrogens is 352 g/mol. The number of aryl methyl sites for hydroxylation is 1. The van der Waals surface area contributed by atoms with Crippen molar-refractivity contribution in [1.29, 1.82) is 0 Å². The zero-order valence-electron chi connectivity index (χ0n) is 15.9. The molecule has 3 rings (SSSR count). The number of hydrogen-bond acceptors (Lipinski definition) is 3. The Balaban J connectivity index is 1.69. The van der Waals surface area contributed by atoms with Gasteiger partial charge in [0.25, 0.3) is 11.8 Å². The lowest BCUT2D eigenvalue weighted by Crippen LogP contribution is -2.15. The SMILES string of the molecule is CCOc1ccc(NC(=O)c2cccc(C(=O)Nc3cccc(C)c3)c2)cc1. The third-order valence-corrected chi connectivity index (χ3v) is 4.09. The van der Waals surface area contributed by atoms with E-state index in [1.165, 1.54) is 0 Å². The van der Waals surface area contributed by atoms with E-state index in [4.69, 9.17) is 4.74 Å². The largest absolute Gasteiger partial charge is 0.494 e. The van der Waals surface area contributed by atoms with E-state index >= 15 is 0 Å². The average molecular weight is 374 g/mol. The van der Waals surface area contributed by atoms with E-state index in [0.29, 0.717) is 29.1 Å². The average Bonchev–Trinajstić information content (AvgIpc) is 2.70. The fraction of sp³-hybridized carbons (Fsp3) is 0.130. The van der Waals surface area contributed by atoms with Gasteiger partial charge in [-0.05, 0) is 74.0 Å². The monoisotopic (exact) mass is 374 g/mol. The molecule has 142 valence electrons. The van der Waals surface area contributed by atoms with Gasteiger partial charge in [0.1, 0.15) is 5.75 Å². The highest BCUT2D eigenvalue weighted by molar-refractivity contribution is 6.08. The maximum absolute atomic E-state index is 12.5. The van der Waals surface area contributed by atoms with E-state index in [1.807, 2.05) is 38.1 Å². The summed E-state index contributed by atoms with van der Waals surface area (Å²) in [5.74, 6) is 0.200. The summed E-state index contributed by atoms with van der Waals surface area (Å²) >= 11 is 0. The molecular formula is C23H22N2O3. The van der Waals surface area contributed by atoms with Crippen molar-refractivity contribution in [2.24, 2.45) is 0 Å². The highest BCUT2D eigenvalue weighted by Crippen LogP contribution is 2.17. The van der Waals surface area contributed by atoms with Gasteiger partial charge in [-0.3, -0.25) is 9.59 Å². The molecule has 0 aliphatic heterocycles. The zero-order valence-corrected chi connectivity index (χ0v) is 15.9. The molecule has 0 spiro atoms. The van der Waals surface area contributed by atoms with Crippen molar-refractivity contribution in [1.82, 2.24) is 0 Å². The van der Waals surface area contributed by atoms with Gasteiger partial charge in [0.05, 0.1) is 6.61 Å². The van der Waals surface area contributed by atoms with Gasteiger partial charge < -0.3 is 15.4 Å². The third kappa shape index (κ3) is 4.98. The van der Waals surface area contributed by atoms with Gasteiger partial charge in [-0.2, -0.15) is 0 Å². The molecule has 0 bridgehead atoms. The molecule has 2 N–H and O–H groups in total. The van der Waals surface area contributed by atoms with Gasteiger partial charge in [0.2, 0.25) is 0 Å². The summed E-state index contributed by atoms with van der Waals surface area (Å²) in [6.45, 7) is 4.46. The van der Waals surface area contributed by atoms with E-state index in [1.54, 1.807) is 48.5 Å². The Morgan fingerprint density at radius 3 is 2.00 bits per heavy atom. The van der Waals surface area contributed by atoms with Crippen LogP contribution in [0.15, 0.2) is 72.8 Å². The molecule has 0 fully saturated rings. The molecule has 5 nitrogen and oxygen atoms in total. The lowest BCUT2D eigenvalue weighted by atomic mass is 10.1. The Hall–Kier alpha value is -3.60. The van der Waals surface area contributed by atoms with Crippen LogP contribution in [0, 0.1) is 6.92 Å². The van der Waals surface area contributed by atoms with Gasteiger partial charge in [-0.1, -0.05) is 18.2 Å². The molecule has 3 aromatic carbocycles. The Labute approximate surface area is 164 Å². The second kappa shape index (κ2) is 8.86. The van der Waals surface area contributed by atoms with Crippen LogP contribution in [0.2, 0.25) is 0 Å². The first-order valence-electron chi connectivity index (χ1n) is 9.07. The number of benzene rings is 3. The molecule has 0 heterocycles. The molecule has 0 saturated carbocycles.